The fourth-order valence-corrected chi connectivity index (χ4v) is 7.07. The number of carbonyl (C=O) groups excluding carboxylic acids is 2. The fourth-order valence-electron chi connectivity index (χ4n) is 7.07. The average molecular weight is 405 g/mol. The Morgan fingerprint density at radius 1 is 1.07 bits per heavy atom. The van der Waals surface area contributed by atoms with Gasteiger partial charge in [0.1, 0.15) is 5.78 Å². The van der Waals surface area contributed by atoms with Gasteiger partial charge >= 0.3 is 0 Å². The summed E-state index contributed by atoms with van der Waals surface area (Å²) < 4.78 is 0. The van der Waals surface area contributed by atoms with Crippen LogP contribution in [0.2, 0.25) is 0 Å². The van der Waals surface area contributed by atoms with Gasteiger partial charge in [0.25, 0.3) is 0 Å². The molecule has 0 amide bonds. The minimum atomic E-state index is -0.725. The lowest BCUT2D eigenvalue weighted by Crippen LogP contribution is -2.51. The first-order valence-electron chi connectivity index (χ1n) is 11.5. The maximum atomic E-state index is 12.1. The van der Waals surface area contributed by atoms with E-state index in [1.54, 1.807) is 6.92 Å². The number of hydrogen-bond donors (Lipinski definition) is 1. The zero-order valence-corrected chi connectivity index (χ0v) is 18.3. The van der Waals surface area contributed by atoms with Gasteiger partial charge in [0, 0.05) is 23.8 Å². The van der Waals surface area contributed by atoms with E-state index in [0.717, 1.165) is 31.2 Å². The highest BCUT2D eigenvalue weighted by Crippen LogP contribution is 2.65. The molecule has 3 nitrogen and oxygen atoms in total. The van der Waals surface area contributed by atoms with E-state index in [1.807, 2.05) is 19.1 Å². The summed E-state index contributed by atoms with van der Waals surface area (Å²) in [4.78, 5) is 23.9. The van der Waals surface area contributed by atoms with Crippen LogP contribution in [0.4, 0.5) is 0 Å². The third-order valence-corrected chi connectivity index (χ3v) is 8.96. The van der Waals surface area contributed by atoms with E-state index in [4.69, 9.17) is 0 Å². The summed E-state index contributed by atoms with van der Waals surface area (Å²) in [5.41, 5.74) is 3.87. The standard InChI is InChI=1S/C27H32O3/c1-16(28)17-4-6-18(7-5-17)23-15-26(2)24(12-13-27(26,3)30)22-10-8-19-14-20(29)9-11-21(19)25(22)23/h4-8,12,21-23,25,30H,9-11,13-15H2,1-3H3/t21-,22-,23+,25+,26-,27-/m0/s1. The molecule has 158 valence electrons. The van der Waals surface area contributed by atoms with Gasteiger partial charge in [-0.15, -0.1) is 0 Å². The van der Waals surface area contributed by atoms with E-state index >= 15 is 0 Å². The second-order valence-electron chi connectivity index (χ2n) is 10.5. The Morgan fingerprint density at radius 2 is 1.80 bits per heavy atom. The molecule has 0 aromatic heterocycles. The number of rotatable bonds is 2. The number of Topliss-reactive ketones (excluding diaryl/α,β-unsaturated/α-hetero) is 2. The van der Waals surface area contributed by atoms with Crippen molar-refractivity contribution in [2.45, 2.75) is 70.8 Å². The Bertz CT molecular complexity index is 964. The zero-order chi connectivity index (χ0) is 21.3. The van der Waals surface area contributed by atoms with E-state index in [2.05, 4.69) is 31.2 Å². The predicted molar refractivity (Wildman–Crippen MR) is 117 cm³/mol. The topological polar surface area (TPSA) is 54.4 Å². The van der Waals surface area contributed by atoms with Gasteiger partial charge in [-0.05, 0) is 68.8 Å². The number of allylic oxidation sites excluding steroid dienone is 2. The van der Waals surface area contributed by atoms with Crippen molar-refractivity contribution in [1.82, 2.24) is 0 Å². The number of aliphatic hydroxyl groups is 1. The zero-order valence-electron chi connectivity index (χ0n) is 18.3. The van der Waals surface area contributed by atoms with Crippen LogP contribution in [0.5, 0.6) is 0 Å². The van der Waals surface area contributed by atoms with Gasteiger partial charge in [-0.1, -0.05) is 54.5 Å². The summed E-state index contributed by atoms with van der Waals surface area (Å²) in [5.74, 6) is 2.14. The molecular formula is C27H32O3. The van der Waals surface area contributed by atoms with Crippen LogP contribution in [-0.2, 0) is 4.79 Å². The molecule has 0 spiro atoms. The minimum absolute atomic E-state index is 0.0904. The Kier molecular flexibility index (Phi) is 4.49. The molecule has 1 aromatic rings. The molecule has 0 unspecified atom stereocenters. The highest BCUT2D eigenvalue weighted by atomic mass is 16.3. The SMILES string of the molecule is CC(=O)c1ccc([C@H]2C[C@@]3(C)C(=CC[C@]3(C)O)[C@@H]3CC=C4CC(=O)CC[C@@H]4[C@@H]23)cc1. The van der Waals surface area contributed by atoms with Crippen molar-refractivity contribution in [2.75, 3.05) is 0 Å². The molecule has 4 aliphatic rings. The number of benzene rings is 1. The first kappa shape index (κ1) is 19.9. The summed E-state index contributed by atoms with van der Waals surface area (Å²) in [6, 6.07) is 8.17. The van der Waals surface area contributed by atoms with Crippen molar-refractivity contribution in [1.29, 1.82) is 0 Å². The molecule has 1 aromatic carbocycles. The van der Waals surface area contributed by atoms with Crippen LogP contribution in [0.25, 0.3) is 0 Å². The molecule has 3 heteroatoms. The Labute approximate surface area is 179 Å². The highest BCUT2D eigenvalue weighted by molar-refractivity contribution is 5.94. The van der Waals surface area contributed by atoms with E-state index in [1.165, 1.54) is 16.7 Å². The van der Waals surface area contributed by atoms with Crippen LogP contribution in [0.3, 0.4) is 0 Å². The van der Waals surface area contributed by atoms with Gasteiger partial charge < -0.3 is 5.11 Å². The Balaban J connectivity index is 1.60. The Hall–Kier alpha value is -2.00. The van der Waals surface area contributed by atoms with Gasteiger partial charge in [-0.25, -0.2) is 0 Å². The molecule has 0 bridgehead atoms. The minimum Gasteiger partial charge on any atom is -0.389 e. The highest BCUT2D eigenvalue weighted by Gasteiger charge is 2.59. The van der Waals surface area contributed by atoms with E-state index in [9.17, 15) is 14.7 Å². The molecule has 6 atom stereocenters. The lowest BCUT2D eigenvalue weighted by molar-refractivity contribution is -0.120. The van der Waals surface area contributed by atoms with Crippen LogP contribution in [-0.4, -0.2) is 22.3 Å². The molecule has 0 radical (unpaired) electrons. The molecule has 5 rings (SSSR count). The maximum absolute atomic E-state index is 12.1. The number of carbonyl (C=O) groups is 2. The molecule has 1 N–H and O–H groups in total. The molecule has 4 aliphatic carbocycles. The van der Waals surface area contributed by atoms with Gasteiger partial charge in [-0.3, -0.25) is 9.59 Å². The summed E-state index contributed by atoms with van der Waals surface area (Å²) >= 11 is 0. The van der Waals surface area contributed by atoms with Crippen molar-refractivity contribution in [3.8, 4) is 0 Å². The summed E-state index contributed by atoms with van der Waals surface area (Å²) in [6.45, 7) is 5.86. The molecule has 2 saturated carbocycles. The van der Waals surface area contributed by atoms with Crippen molar-refractivity contribution in [3.05, 3.63) is 58.7 Å². The van der Waals surface area contributed by atoms with Crippen molar-refractivity contribution in [3.63, 3.8) is 0 Å². The number of fused-ring (bicyclic) bond motifs is 5. The molecule has 2 fully saturated rings. The first-order valence-corrected chi connectivity index (χ1v) is 11.5. The number of hydrogen-bond acceptors (Lipinski definition) is 3. The first-order chi connectivity index (χ1) is 14.2. The molecular weight excluding hydrogens is 372 g/mol. The van der Waals surface area contributed by atoms with E-state index < -0.39 is 5.60 Å². The largest absolute Gasteiger partial charge is 0.389 e. The predicted octanol–water partition coefficient (Wildman–Crippen LogP) is 5.40. The second-order valence-corrected chi connectivity index (χ2v) is 10.5. The van der Waals surface area contributed by atoms with Gasteiger partial charge in [0.2, 0.25) is 0 Å². The smallest absolute Gasteiger partial charge is 0.159 e. The number of ketones is 2. The summed E-state index contributed by atoms with van der Waals surface area (Å²) in [6.07, 6.45) is 9.55. The summed E-state index contributed by atoms with van der Waals surface area (Å²) in [5, 5.41) is 11.3. The lowest BCUT2D eigenvalue weighted by Gasteiger charge is -2.56. The fraction of sp³-hybridized carbons (Fsp3) is 0.556. The lowest BCUT2D eigenvalue weighted by atomic mass is 9.49. The van der Waals surface area contributed by atoms with Crippen molar-refractivity contribution < 1.29 is 14.7 Å². The Morgan fingerprint density at radius 3 is 2.50 bits per heavy atom. The monoisotopic (exact) mass is 404 g/mol. The molecule has 0 saturated heterocycles. The summed E-state index contributed by atoms with van der Waals surface area (Å²) in [7, 11) is 0. The maximum Gasteiger partial charge on any atom is 0.159 e. The van der Waals surface area contributed by atoms with Crippen molar-refractivity contribution in [2.24, 2.45) is 23.2 Å². The van der Waals surface area contributed by atoms with Crippen LogP contribution in [0.15, 0.2) is 47.6 Å². The van der Waals surface area contributed by atoms with Gasteiger partial charge in [0.05, 0.1) is 5.60 Å². The van der Waals surface area contributed by atoms with Gasteiger partial charge in [0.15, 0.2) is 5.78 Å². The molecule has 0 aliphatic heterocycles. The quantitative estimate of drug-likeness (QED) is 0.531. The van der Waals surface area contributed by atoms with Crippen LogP contribution >= 0.6 is 0 Å². The third kappa shape index (κ3) is 2.81. The van der Waals surface area contributed by atoms with Crippen LogP contribution in [0, 0.1) is 23.2 Å². The molecule has 0 heterocycles. The van der Waals surface area contributed by atoms with Gasteiger partial charge in [-0.2, -0.15) is 0 Å². The average Bonchev–Trinajstić information content (AvgIpc) is 2.96. The molecule has 30 heavy (non-hydrogen) atoms. The third-order valence-electron chi connectivity index (χ3n) is 8.96. The van der Waals surface area contributed by atoms with Crippen molar-refractivity contribution >= 4 is 11.6 Å². The van der Waals surface area contributed by atoms with E-state index in [0.29, 0.717) is 42.3 Å². The van der Waals surface area contributed by atoms with Crippen LogP contribution < -0.4 is 0 Å². The second kappa shape index (κ2) is 6.75. The van der Waals surface area contributed by atoms with Crippen LogP contribution in [0.1, 0.15) is 81.1 Å². The van der Waals surface area contributed by atoms with E-state index in [-0.39, 0.29) is 11.2 Å². The normalized spacial score (nSPS) is 40.1.